The molecule has 0 aromatic carbocycles. The predicted molar refractivity (Wildman–Crippen MR) is 233 cm³/mol. The van der Waals surface area contributed by atoms with Gasteiger partial charge in [-0.3, -0.25) is 0 Å². The van der Waals surface area contributed by atoms with E-state index in [1.165, 1.54) is 37.7 Å². The summed E-state index contributed by atoms with van der Waals surface area (Å²) in [7, 11) is -2.18. The van der Waals surface area contributed by atoms with Crippen molar-refractivity contribution in [3.05, 3.63) is 59.8 Å². The zero-order valence-electron chi connectivity index (χ0n) is 37.5. The Morgan fingerprint density at radius 1 is 0.889 bits per heavy atom. The lowest BCUT2D eigenvalue weighted by Crippen LogP contribution is -2.49. The maximum atomic E-state index is 12.4. The molecule has 5 nitrogen and oxygen atoms in total. The summed E-state index contributed by atoms with van der Waals surface area (Å²) in [6.45, 7) is 38.9. The normalized spacial score (nSPS) is 31.0. The van der Waals surface area contributed by atoms with Crippen LogP contribution in [-0.4, -0.2) is 53.6 Å². The second kappa shape index (κ2) is 16.4. The summed E-state index contributed by atoms with van der Waals surface area (Å²) in [5.41, 5.74) is 3.76. The van der Waals surface area contributed by atoms with Crippen LogP contribution in [0, 0.1) is 28.6 Å². The van der Waals surface area contributed by atoms with E-state index in [2.05, 4.69) is 106 Å². The lowest BCUT2D eigenvalue weighted by Gasteiger charge is -2.45. The van der Waals surface area contributed by atoms with E-state index < -0.39 is 22.2 Å². The summed E-state index contributed by atoms with van der Waals surface area (Å²) in [6, 6.07) is 0. The highest BCUT2D eigenvalue weighted by molar-refractivity contribution is 6.74. The van der Waals surface area contributed by atoms with E-state index in [9.17, 15) is 4.79 Å². The molecule has 4 saturated carbocycles. The van der Waals surface area contributed by atoms with Crippen molar-refractivity contribution in [3.63, 3.8) is 0 Å². The molecule has 54 heavy (non-hydrogen) atoms. The molecule has 0 spiro atoms. The van der Waals surface area contributed by atoms with Crippen LogP contribution >= 0.6 is 0 Å². The molecule has 4 rings (SSSR count). The van der Waals surface area contributed by atoms with Gasteiger partial charge in [0, 0.05) is 25.0 Å². The first-order chi connectivity index (χ1) is 24.6. The fraction of sp³-hybridized carbons (Fsp3) is 0.766. The second-order valence-electron chi connectivity index (χ2n) is 21.9. The Kier molecular flexibility index (Phi) is 13.7. The van der Waals surface area contributed by atoms with Crippen molar-refractivity contribution in [2.24, 2.45) is 28.6 Å². The van der Waals surface area contributed by atoms with Gasteiger partial charge in [-0.2, -0.15) is 0 Å². The fourth-order valence-corrected chi connectivity index (χ4v) is 11.8. The number of hydrogen-bond donors (Lipinski definition) is 0. The van der Waals surface area contributed by atoms with Crippen molar-refractivity contribution in [1.82, 2.24) is 0 Å². The monoisotopic (exact) mass is 781 g/mol. The topological polar surface area (TPSA) is 54.0 Å². The molecule has 7 atom stereocenters. The molecule has 4 aliphatic rings. The highest BCUT2D eigenvalue weighted by atomic mass is 28.4. The van der Waals surface area contributed by atoms with Crippen LogP contribution in [0.1, 0.15) is 134 Å². The Labute approximate surface area is 334 Å². The van der Waals surface area contributed by atoms with Crippen LogP contribution in [0.5, 0.6) is 0 Å². The molecule has 4 fully saturated rings. The lowest BCUT2D eigenvalue weighted by molar-refractivity contribution is -0.148. The number of allylic oxidation sites excluding steroid dienone is 4. The first-order valence-corrected chi connectivity index (χ1v) is 27.0. The van der Waals surface area contributed by atoms with Gasteiger partial charge < -0.3 is 18.3 Å². The molecule has 0 heterocycles. The first-order valence-electron chi connectivity index (χ1n) is 21.2. The molecule has 0 N–H and O–H groups in total. The standard InChI is InChI=1S/C47H80O5Si2/c1-33(20-25-41(49-13)47(29-30-47)28-26-42(48)50-43(3,4)5)38-23-24-39-35(19-18-27-46(38,39)12)21-22-36-31-37(51-53(14,15)44(6,7)8)32-40(34(36)2)52-54(16,17)45(9,10)11/h20-22,25-26,28,33,37-41H,2,18-19,23-24,27,29-32H2,1,3-17H3/b25-20+,28-26+,35-21+,36-22-/t33-,37?,38?,39?,40?,41?,46-/m1/s1. The minimum atomic E-state index is -2.01. The number of rotatable bonds is 12. The minimum Gasteiger partial charge on any atom is -0.457 e. The van der Waals surface area contributed by atoms with Gasteiger partial charge in [-0.15, -0.1) is 0 Å². The molecule has 7 heteroatoms. The van der Waals surface area contributed by atoms with Crippen LogP contribution in [0.3, 0.4) is 0 Å². The van der Waals surface area contributed by atoms with E-state index in [1.807, 2.05) is 26.8 Å². The van der Waals surface area contributed by atoms with Crippen LogP contribution in [0.15, 0.2) is 59.8 Å². The predicted octanol–water partition coefficient (Wildman–Crippen LogP) is 13.1. The number of carbonyl (C=O) groups excluding carboxylic acids is 1. The van der Waals surface area contributed by atoms with Gasteiger partial charge in [0.05, 0.1) is 18.3 Å². The smallest absolute Gasteiger partial charge is 0.330 e. The summed E-state index contributed by atoms with van der Waals surface area (Å²) < 4.78 is 25.8. The molecule has 0 bridgehead atoms. The molecule has 4 aliphatic carbocycles. The molecule has 0 amide bonds. The van der Waals surface area contributed by atoms with Gasteiger partial charge in [-0.1, -0.05) is 97.9 Å². The SMILES string of the molecule is C=C1/C(=C\C=C2/CCC[C@@]3(C)C2CCC3[C@H](C)/C=C/C(OC)C2(/C=C/C(=O)OC(C)(C)C)CC2)CC(O[Si](C)(C)C(C)(C)C)CC1O[Si](C)(C)C(C)(C)C. The van der Waals surface area contributed by atoms with Gasteiger partial charge in [0.15, 0.2) is 16.6 Å². The summed E-state index contributed by atoms with van der Waals surface area (Å²) in [5, 5.41) is 0.288. The molecule has 0 radical (unpaired) electrons. The molecule has 5 unspecified atom stereocenters. The maximum absolute atomic E-state index is 12.4. The summed E-state index contributed by atoms with van der Waals surface area (Å²) >= 11 is 0. The quantitative estimate of drug-likeness (QED) is 0.0854. The number of hydrogen-bond acceptors (Lipinski definition) is 5. The van der Waals surface area contributed by atoms with Crippen molar-refractivity contribution in [1.29, 1.82) is 0 Å². The Bertz CT molecular complexity index is 1470. The number of esters is 1. The van der Waals surface area contributed by atoms with Gasteiger partial charge >= 0.3 is 5.97 Å². The van der Waals surface area contributed by atoms with E-state index in [4.69, 9.17) is 24.9 Å². The summed E-state index contributed by atoms with van der Waals surface area (Å²) in [5.74, 6) is 1.38. The lowest BCUT2D eigenvalue weighted by atomic mass is 9.61. The van der Waals surface area contributed by atoms with Crippen LogP contribution < -0.4 is 0 Å². The second-order valence-corrected chi connectivity index (χ2v) is 31.4. The van der Waals surface area contributed by atoms with Gasteiger partial charge in [0.1, 0.15) is 5.60 Å². The third-order valence-corrected chi connectivity index (χ3v) is 23.6. The van der Waals surface area contributed by atoms with Crippen molar-refractivity contribution < 1.29 is 23.1 Å². The number of ether oxygens (including phenoxy) is 2. The molecule has 0 saturated heterocycles. The van der Waals surface area contributed by atoms with E-state index >= 15 is 0 Å². The number of fused-ring (bicyclic) bond motifs is 1. The molecular formula is C47H80O5Si2. The Morgan fingerprint density at radius 3 is 2.06 bits per heavy atom. The minimum absolute atomic E-state index is 0.00214. The third-order valence-electron chi connectivity index (χ3n) is 14.6. The Balaban J connectivity index is 1.53. The van der Waals surface area contributed by atoms with Crippen molar-refractivity contribution in [3.8, 4) is 0 Å². The highest BCUT2D eigenvalue weighted by Gasteiger charge is 2.51. The number of carbonyl (C=O) groups is 1. The molecule has 0 aliphatic heterocycles. The first kappa shape index (κ1) is 45.2. The average molecular weight is 781 g/mol. The number of methoxy groups -OCH3 is 1. The Morgan fingerprint density at radius 2 is 1.50 bits per heavy atom. The van der Waals surface area contributed by atoms with E-state index in [-0.39, 0.29) is 45.2 Å². The molecule has 0 aromatic rings. The van der Waals surface area contributed by atoms with Gasteiger partial charge in [-0.25, -0.2) is 4.79 Å². The Hall–Kier alpha value is -1.52. The van der Waals surface area contributed by atoms with Crippen LogP contribution in [-0.2, 0) is 23.1 Å². The maximum Gasteiger partial charge on any atom is 0.330 e. The van der Waals surface area contributed by atoms with E-state index in [0.29, 0.717) is 17.8 Å². The fourth-order valence-electron chi connectivity index (χ4n) is 9.08. The van der Waals surface area contributed by atoms with Crippen molar-refractivity contribution in [2.75, 3.05) is 7.11 Å². The molecule has 0 aromatic heterocycles. The highest BCUT2D eigenvalue weighted by Crippen LogP contribution is 2.60. The molecule has 306 valence electrons. The van der Waals surface area contributed by atoms with Crippen molar-refractivity contribution in [2.45, 2.75) is 194 Å². The zero-order valence-corrected chi connectivity index (χ0v) is 39.5. The van der Waals surface area contributed by atoms with E-state index in [1.54, 1.807) is 18.8 Å². The summed E-state index contributed by atoms with van der Waals surface area (Å²) in [6.07, 6.45) is 23.4. The van der Waals surface area contributed by atoms with E-state index in [0.717, 1.165) is 31.3 Å². The summed E-state index contributed by atoms with van der Waals surface area (Å²) in [4.78, 5) is 12.4. The van der Waals surface area contributed by atoms with Crippen LogP contribution in [0.4, 0.5) is 0 Å². The van der Waals surface area contributed by atoms with Gasteiger partial charge in [-0.05, 0) is 143 Å². The zero-order chi connectivity index (χ0) is 40.7. The van der Waals surface area contributed by atoms with Crippen LogP contribution in [0.2, 0.25) is 36.3 Å². The molecular weight excluding hydrogens is 701 g/mol. The van der Waals surface area contributed by atoms with Crippen molar-refractivity contribution >= 4 is 22.6 Å². The third kappa shape index (κ3) is 10.5. The van der Waals surface area contributed by atoms with Crippen LogP contribution in [0.25, 0.3) is 0 Å². The van der Waals surface area contributed by atoms with Gasteiger partial charge in [0.25, 0.3) is 0 Å². The van der Waals surface area contributed by atoms with Gasteiger partial charge in [0.2, 0.25) is 0 Å². The average Bonchev–Trinajstić information content (AvgIpc) is 3.72. The largest absolute Gasteiger partial charge is 0.457 e.